The number of amides is 1. The average molecular weight is 248 g/mol. The zero-order valence-electron chi connectivity index (χ0n) is 11.0. The lowest BCUT2D eigenvalue weighted by Gasteiger charge is -2.37. The lowest BCUT2D eigenvalue weighted by atomic mass is 9.97. The Balaban J connectivity index is 1.70. The summed E-state index contributed by atoms with van der Waals surface area (Å²) in [6, 6.07) is 0.954. The second-order valence-corrected chi connectivity index (χ2v) is 5.46. The zero-order chi connectivity index (χ0) is 12.7. The van der Waals surface area contributed by atoms with Gasteiger partial charge in [-0.25, -0.2) is 0 Å². The molecule has 2 atom stereocenters. The van der Waals surface area contributed by atoms with Crippen molar-refractivity contribution in [1.29, 1.82) is 0 Å². The molecule has 0 radical (unpaired) electrons. The number of aryl methyl sites for hydroxylation is 1. The molecule has 3 rings (SSSR count). The van der Waals surface area contributed by atoms with E-state index in [4.69, 9.17) is 0 Å². The molecule has 18 heavy (non-hydrogen) atoms. The third-order valence-corrected chi connectivity index (χ3v) is 4.31. The van der Waals surface area contributed by atoms with Gasteiger partial charge in [0, 0.05) is 57.4 Å². The van der Waals surface area contributed by atoms with E-state index in [2.05, 4.69) is 16.2 Å². The minimum atomic E-state index is 0.305. The largest absolute Gasteiger partial charge is 0.341 e. The van der Waals surface area contributed by atoms with Gasteiger partial charge in [-0.15, -0.1) is 0 Å². The number of carbonyl (C=O) groups excluding carboxylic acids is 1. The highest BCUT2D eigenvalue weighted by molar-refractivity contribution is 5.77. The molecule has 0 saturated carbocycles. The van der Waals surface area contributed by atoms with Crippen LogP contribution < -0.4 is 0 Å². The highest BCUT2D eigenvalue weighted by atomic mass is 16.2. The Labute approximate surface area is 107 Å². The van der Waals surface area contributed by atoms with Gasteiger partial charge >= 0.3 is 0 Å². The van der Waals surface area contributed by atoms with Crippen molar-refractivity contribution in [3.8, 4) is 0 Å². The first kappa shape index (κ1) is 11.7. The molecule has 0 spiro atoms. The average Bonchev–Trinajstić information content (AvgIpc) is 2.92. The van der Waals surface area contributed by atoms with Gasteiger partial charge in [0.1, 0.15) is 0 Å². The molecule has 1 aromatic rings. The summed E-state index contributed by atoms with van der Waals surface area (Å²) < 4.78 is 1.85. The predicted octanol–water partition coefficient (Wildman–Crippen LogP) is 0.615. The first-order valence-electron chi connectivity index (χ1n) is 6.62. The van der Waals surface area contributed by atoms with E-state index in [9.17, 15) is 4.79 Å². The Bertz CT molecular complexity index is 456. The molecule has 98 valence electrons. The van der Waals surface area contributed by atoms with Crippen LogP contribution in [0.1, 0.15) is 24.8 Å². The van der Waals surface area contributed by atoms with Gasteiger partial charge in [0.25, 0.3) is 0 Å². The molecule has 0 aliphatic carbocycles. The maximum absolute atomic E-state index is 11.7. The third-order valence-electron chi connectivity index (χ3n) is 4.31. The number of fused-ring (bicyclic) bond motifs is 1. The third kappa shape index (κ3) is 1.92. The van der Waals surface area contributed by atoms with Crippen LogP contribution in [0.25, 0.3) is 0 Å². The topological polar surface area (TPSA) is 41.4 Å². The fourth-order valence-electron chi connectivity index (χ4n) is 3.34. The Morgan fingerprint density at radius 3 is 2.89 bits per heavy atom. The number of hydrogen-bond donors (Lipinski definition) is 0. The molecule has 2 saturated heterocycles. The van der Waals surface area contributed by atoms with E-state index in [0.29, 0.717) is 24.4 Å². The van der Waals surface area contributed by atoms with Crippen molar-refractivity contribution in [2.45, 2.75) is 37.9 Å². The van der Waals surface area contributed by atoms with Crippen LogP contribution in [0, 0.1) is 0 Å². The van der Waals surface area contributed by atoms with Gasteiger partial charge in [0.05, 0.1) is 6.20 Å². The van der Waals surface area contributed by atoms with Crippen LogP contribution in [0.5, 0.6) is 0 Å². The standard InChI is InChI=1S/C13H20N4O/c1-15-8-10(7-14-15)9-17-6-5-11-12(17)3-4-13(18)16(11)2/h7-8,11-12H,3-6,9H2,1-2H3/t11-,12-/m1/s1. The molecule has 0 N–H and O–H groups in total. The lowest BCUT2D eigenvalue weighted by Crippen LogP contribution is -2.50. The number of nitrogens with zero attached hydrogens (tertiary/aromatic N) is 4. The first-order chi connectivity index (χ1) is 8.65. The van der Waals surface area contributed by atoms with Crippen LogP contribution in [-0.2, 0) is 18.4 Å². The zero-order valence-corrected chi connectivity index (χ0v) is 11.0. The van der Waals surface area contributed by atoms with Crippen molar-refractivity contribution in [1.82, 2.24) is 19.6 Å². The molecule has 5 nitrogen and oxygen atoms in total. The fourth-order valence-corrected chi connectivity index (χ4v) is 3.34. The molecule has 0 aromatic carbocycles. The molecule has 0 unspecified atom stereocenters. The summed E-state index contributed by atoms with van der Waals surface area (Å²) in [5.41, 5.74) is 1.26. The van der Waals surface area contributed by atoms with Gasteiger partial charge in [0.15, 0.2) is 0 Å². The van der Waals surface area contributed by atoms with Crippen molar-refractivity contribution in [3.05, 3.63) is 18.0 Å². The predicted molar refractivity (Wildman–Crippen MR) is 67.8 cm³/mol. The number of piperidine rings is 1. The van der Waals surface area contributed by atoms with E-state index in [0.717, 1.165) is 25.9 Å². The van der Waals surface area contributed by atoms with Crippen molar-refractivity contribution in [2.24, 2.45) is 7.05 Å². The highest BCUT2D eigenvalue weighted by Crippen LogP contribution is 2.31. The smallest absolute Gasteiger partial charge is 0.222 e. The van der Waals surface area contributed by atoms with Crippen LogP contribution in [0.2, 0.25) is 0 Å². The number of likely N-dealkylation sites (tertiary alicyclic amines) is 2. The van der Waals surface area contributed by atoms with E-state index in [1.54, 1.807) is 0 Å². The first-order valence-corrected chi connectivity index (χ1v) is 6.62. The van der Waals surface area contributed by atoms with Gasteiger partial charge in [-0.3, -0.25) is 14.4 Å². The number of hydrogen-bond acceptors (Lipinski definition) is 3. The molecular weight excluding hydrogens is 228 g/mol. The van der Waals surface area contributed by atoms with E-state index >= 15 is 0 Å². The van der Waals surface area contributed by atoms with Crippen LogP contribution in [0.4, 0.5) is 0 Å². The second kappa shape index (κ2) is 4.39. The van der Waals surface area contributed by atoms with E-state index in [1.807, 2.05) is 29.9 Å². The van der Waals surface area contributed by atoms with Gasteiger partial charge in [-0.2, -0.15) is 5.10 Å². The van der Waals surface area contributed by atoms with Crippen LogP contribution in [-0.4, -0.2) is 51.2 Å². The van der Waals surface area contributed by atoms with Crippen LogP contribution in [0.3, 0.4) is 0 Å². The fraction of sp³-hybridized carbons (Fsp3) is 0.692. The Hall–Kier alpha value is -1.36. The summed E-state index contributed by atoms with van der Waals surface area (Å²) in [5, 5.41) is 4.22. The second-order valence-electron chi connectivity index (χ2n) is 5.46. The Kier molecular flexibility index (Phi) is 2.86. The van der Waals surface area contributed by atoms with E-state index < -0.39 is 0 Å². The Morgan fingerprint density at radius 1 is 1.33 bits per heavy atom. The van der Waals surface area contributed by atoms with E-state index in [-0.39, 0.29) is 0 Å². The minimum absolute atomic E-state index is 0.305. The number of likely N-dealkylation sites (N-methyl/N-ethyl adjacent to an activating group) is 1. The molecule has 1 amide bonds. The van der Waals surface area contributed by atoms with Crippen LogP contribution >= 0.6 is 0 Å². The molecule has 5 heteroatoms. The van der Waals surface area contributed by atoms with Crippen LogP contribution in [0.15, 0.2) is 12.4 Å². The van der Waals surface area contributed by atoms with Crippen molar-refractivity contribution in [2.75, 3.05) is 13.6 Å². The maximum Gasteiger partial charge on any atom is 0.222 e. The molecule has 3 heterocycles. The quantitative estimate of drug-likeness (QED) is 0.770. The van der Waals surface area contributed by atoms with Gasteiger partial charge in [-0.05, 0) is 12.8 Å². The number of aromatic nitrogens is 2. The molecular formula is C13H20N4O. The number of carbonyl (C=O) groups is 1. The maximum atomic E-state index is 11.7. The van der Waals surface area contributed by atoms with Crippen molar-refractivity contribution in [3.63, 3.8) is 0 Å². The highest BCUT2D eigenvalue weighted by Gasteiger charge is 2.41. The molecule has 1 aromatic heterocycles. The molecule has 2 fully saturated rings. The molecule has 2 aliphatic heterocycles. The summed E-state index contributed by atoms with van der Waals surface area (Å²) in [7, 11) is 3.90. The summed E-state index contributed by atoms with van der Waals surface area (Å²) in [6.07, 6.45) is 6.82. The number of rotatable bonds is 2. The van der Waals surface area contributed by atoms with Crippen molar-refractivity contribution >= 4 is 5.91 Å². The van der Waals surface area contributed by atoms with Gasteiger partial charge < -0.3 is 4.90 Å². The summed E-state index contributed by atoms with van der Waals surface area (Å²) in [5.74, 6) is 0.305. The molecule has 2 aliphatic rings. The van der Waals surface area contributed by atoms with Gasteiger partial charge in [-0.1, -0.05) is 0 Å². The SMILES string of the molecule is CN1C(=O)CC[C@@H]2[C@H]1CCN2Cc1cnn(C)c1. The van der Waals surface area contributed by atoms with Gasteiger partial charge in [0.2, 0.25) is 5.91 Å². The minimum Gasteiger partial charge on any atom is -0.341 e. The van der Waals surface area contributed by atoms with Crippen molar-refractivity contribution < 1.29 is 4.79 Å². The Morgan fingerprint density at radius 2 is 2.17 bits per heavy atom. The summed E-state index contributed by atoms with van der Waals surface area (Å²) in [6.45, 7) is 2.04. The lowest BCUT2D eigenvalue weighted by molar-refractivity contribution is -0.135. The monoisotopic (exact) mass is 248 g/mol. The van der Waals surface area contributed by atoms with E-state index in [1.165, 1.54) is 5.56 Å². The normalized spacial score (nSPS) is 28.8. The molecule has 0 bridgehead atoms. The summed E-state index contributed by atoms with van der Waals surface area (Å²) in [4.78, 5) is 16.2. The summed E-state index contributed by atoms with van der Waals surface area (Å²) >= 11 is 0.